The second-order valence-corrected chi connectivity index (χ2v) is 14.9. The highest BCUT2D eigenvalue weighted by atomic mass is 19.4. The molecule has 6 rings (SSSR count). The standard InChI is InChI=1S/C40H39F5N4O2.C4H6O6/c1-26(2)47-22-20-32(21-23-47)48(24-27-10-12-28(13-11-27)29-14-17-31(18-15-29)40(43,44)45)37(50)25-49-35-9-4-3-7-33(35)39(51)46-36(49)19-16-30-6-5-8-34(41)38(30)42;5-1(3(7)8)2(6)4(9)10/h3-15,17-18,26,32H,16,19-25H2,1-2H3;1-2,5-6H,(H,7,8)(H,9,10). The second kappa shape index (κ2) is 20.0. The van der Waals surface area contributed by atoms with Gasteiger partial charge in [0.25, 0.3) is 5.56 Å². The van der Waals surface area contributed by atoms with E-state index in [1.807, 2.05) is 29.2 Å². The smallest absolute Gasteiger partial charge is 0.416 e. The molecule has 1 aromatic heterocycles. The van der Waals surface area contributed by atoms with Gasteiger partial charge in [0.2, 0.25) is 5.91 Å². The number of amides is 1. The van der Waals surface area contributed by atoms with Gasteiger partial charge in [0, 0.05) is 38.1 Å². The monoisotopic (exact) mass is 852 g/mol. The van der Waals surface area contributed by atoms with Gasteiger partial charge in [-0.2, -0.15) is 18.2 Å². The molecule has 0 saturated carbocycles. The summed E-state index contributed by atoms with van der Waals surface area (Å²) in [4.78, 5) is 55.6. The molecule has 4 N–H and O–H groups in total. The van der Waals surface area contributed by atoms with Crippen LogP contribution in [0.15, 0.2) is 95.8 Å². The number of hydrogen-bond acceptors (Lipinski definition) is 8. The minimum absolute atomic E-state index is 0.0643. The Bertz CT molecular complexity index is 2360. The van der Waals surface area contributed by atoms with Crippen molar-refractivity contribution in [3.63, 3.8) is 0 Å². The lowest BCUT2D eigenvalue weighted by Crippen LogP contribution is -2.49. The highest BCUT2D eigenvalue weighted by molar-refractivity contribution is 5.83. The number of aliphatic hydroxyl groups excluding tert-OH is 2. The van der Waals surface area contributed by atoms with E-state index in [2.05, 4.69) is 23.7 Å². The quantitative estimate of drug-likeness (QED) is 0.104. The average Bonchev–Trinajstić information content (AvgIpc) is 3.24. The predicted molar refractivity (Wildman–Crippen MR) is 214 cm³/mol. The first-order chi connectivity index (χ1) is 28.8. The van der Waals surface area contributed by atoms with E-state index >= 15 is 0 Å². The molecule has 17 heteroatoms. The maximum Gasteiger partial charge on any atom is 0.416 e. The summed E-state index contributed by atoms with van der Waals surface area (Å²) >= 11 is 0. The van der Waals surface area contributed by atoms with Crippen molar-refractivity contribution in [2.75, 3.05) is 13.1 Å². The van der Waals surface area contributed by atoms with E-state index in [0.29, 0.717) is 34.9 Å². The van der Waals surface area contributed by atoms with Gasteiger partial charge in [0.1, 0.15) is 12.4 Å². The molecule has 324 valence electrons. The van der Waals surface area contributed by atoms with Gasteiger partial charge in [-0.05, 0) is 85.7 Å². The summed E-state index contributed by atoms with van der Waals surface area (Å²) in [7, 11) is 0. The van der Waals surface area contributed by atoms with Crippen molar-refractivity contribution in [2.24, 2.45) is 0 Å². The minimum Gasteiger partial charge on any atom is -0.479 e. The molecule has 0 radical (unpaired) electrons. The molecule has 1 fully saturated rings. The summed E-state index contributed by atoms with van der Waals surface area (Å²) in [5.74, 6) is -5.33. The maximum absolute atomic E-state index is 14.6. The number of carbonyl (C=O) groups excluding carboxylic acids is 1. The molecule has 1 aliphatic rings. The first-order valence-electron chi connectivity index (χ1n) is 19.4. The van der Waals surface area contributed by atoms with Gasteiger partial charge in [0.05, 0.1) is 16.5 Å². The molecule has 1 saturated heterocycles. The maximum atomic E-state index is 14.6. The van der Waals surface area contributed by atoms with Crippen LogP contribution >= 0.6 is 0 Å². The number of likely N-dealkylation sites (tertiary alicyclic amines) is 1. The van der Waals surface area contributed by atoms with Crippen molar-refractivity contribution in [1.82, 2.24) is 19.4 Å². The molecule has 5 aromatic rings. The molecule has 0 bridgehead atoms. The first kappa shape index (κ1) is 46.0. The van der Waals surface area contributed by atoms with Gasteiger partial charge in [-0.25, -0.2) is 18.4 Å². The number of aliphatic hydroxyl groups is 2. The summed E-state index contributed by atoms with van der Waals surface area (Å²) in [6, 6.07) is 23.6. The van der Waals surface area contributed by atoms with E-state index in [1.165, 1.54) is 24.3 Å². The number of aryl methyl sites for hydroxylation is 2. The fourth-order valence-corrected chi connectivity index (χ4v) is 7.10. The Labute approximate surface area is 347 Å². The van der Waals surface area contributed by atoms with Crippen LogP contribution in [0.2, 0.25) is 0 Å². The SMILES string of the molecule is CC(C)N1CCC(N(Cc2ccc(-c3ccc(C(F)(F)F)cc3)cc2)C(=O)Cn2c(CCc3cccc(F)c3F)nc(=O)c3ccccc32)CC1.O=C(O)C(O)C(O)C(=O)O. The van der Waals surface area contributed by atoms with Crippen LogP contribution in [0, 0.1) is 11.6 Å². The minimum atomic E-state index is -4.42. The van der Waals surface area contributed by atoms with Crippen LogP contribution in [0.3, 0.4) is 0 Å². The molecular formula is C44H45F5N4O8. The number of benzene rings is 4. The van der Waals surface area contributed by atoms with Crippen LogP contribution in [-0.2, 0) is 46.5 Å². The number of hydrogen-bond donors (Lipinski definition) is 4. The predicted octanol–water partition coefficient (Wildman–Crippen LogP) is 5.92. The highest BCUT2D eigenvalue weighted by Gasteiger charge is 2.32. The lowest BCUT2D eigenvalue weighted by Gasteiger charge is -2.40. The van der Waals surface area contributed by atoms with Gasteiger partial charge >= 0.3 is 18.1 Å². The topological polar surface area (TPSA) is 174 Å². The van der Waals surface area contributed by atoms with Crippen LogP contribution in [0.1, 0.15) is 49.2 Å². The van der Waals surface area contributed by atoms with Crippen molar-refractivity contribution < 1.29 is 56.8 Å². The third kappa shape index (κ3) is 11.6. The van der Waals surface area contributed by atoms with Crippen LogP contribution in [0.25, 0.3) is 22.0 Å². The van der Waals surface area contributed by atoms with E-state index in [9.17, 15) is 41.1 Å². The molecule has 12 nitrogen and oxygen atoms in total. The van der Waals surface area contributed by atoms with Crippen LogP contribution in [-0.4, -0.2) is 95.0 Å². The number of carbonyl (C=O) groups is 3. The molecule has 1 amide bonds. The number of carboxylic acids is 2. The van der Waals surface area contributed by atoms with E-state index < -0.39 is 53.1 Å². The van der Waals surface area contributed by atoms with Gasteiger partial charge in [0.15, 0.2) is 23.8 Å². The number of fused-ring (bicyclic) bond motifs is 1. The fourth-order valence-electron chi connectivity index (χ4n) is 7.10. The Hall–Kier alpha value is -6.04. The largest absolute Gasteiger partial charge is 0.479 e. The number of alkyl halides is 3. The van der Waals surface area contributed by atoms with Gasteiger partial charge in [-0.3, -0.25) is 9.59 Å². The Morgan fingerprint density at radius 2 is 1.38 bits per heavy atom. The number of carboxylic acid groups (broad SMARTS) is 2. The summed E-state index contributed by atoms with van der Waals surface area (Å²) in [5.41, 5.74) is 1.75. The fraction of sp³-hybridized carbons (Fsp3) is 0.341. The van der Waals surface area contributed by atoms with E-state index in [0.717, 1.165) is 55.3 Å². The summed E-state index contributed by atoms with van der Waals surface area (Å²) in [6.45, 7) is 6.12. The number of piperidine rings is 1. The Kier molecular flexibility index (Phi) is 15.1. The van der Waals surface area contributed by atoms with Crippen LogP contribution in [0.5, 0.6) is 0 Å². The number of rotatable bonds is 13. The zero-order chi connectivity index (χ0) is 44.6. The van der Waals surface area contributed by atoms with Gasteiger partial charge < -0.3 is 34.8 Å². The van der Waals surface area contributed by atoms with Gasteiger partial charge in [-0.1, -0.05) is 60.7 Å². The number of para-hydroxylation sites is 1. The first-order valence-corrected chi connectivity index (χ1v) is 19.4. The molecule has 4 aromatic carbocycles. The van der Waals surface area contributed by atoms with Gasteiger partial charge in [-0.15, -0.1) is 0 Å². The molecule has 61 heavy (non-hydrogen) atoms. The molecule has 0 spiro atoms. The van der Waals surface area contributed by atoms with Crippen molar-refractivity contribution >= 4 is 28.7 Å². The third-order valence-electron chi connectivity index (χ3n) is 10.6. The molecule has 2 unspecified atom stereocenters. The lowest BCUT2D eigenvalue weighted by atomic mass is 9.99. The second-order valence-electron chi connectivity index (χ2n) is 14.9. The molecular weight excluding hydrogens is 807 g/mol. The molecule has 0 aliphatic carbocycles. The van der Waals surface area contributed by atoms with Crippen molar-refractivity contribution in [3.8, 4) is 11.1 Å². The summed E-state index contributed by atoms with van der Waals surface area (Å²) < 4.78 is 69.5. The Balaban J connectivity index is 0.000000626. The molecule has 2 atom stereocenters. The molecule has 2 heterocycles. The lowest BCUT2D eigenvalue weighted by molar-refractivity contribution is -0.165. The van der Waals surface area contributed by atoms with Crippen LogP contribution in [0.4, 0.5) is 22.0 Å². The Morgan fingerprint density at radius 1 is 0.803 bits per heavy atom. The van der Waals surface area contributed by atoms with Crippen molar-refractivity contribution in [2.45, 2.75) is 83.1 Å². The van der Waals surface area contributed by atoms with E-state index in [4.69, 9.17) is 20.4 Å². The highest BCUT2D eigenvalue weighted by Crippen LogP contribution is 2.31. The Morgan fingerprint density at radius 3 is 1.93 bits per heavy atom. The normalized spacial score (nSPS) is 14.6. The van der Waals surface area contributed by atoms with E-state index in [1.54, 1.807) is 28.8 Å². The number of aromatic nitrogens is 2. The summed E-state index contributed by atoms with van der Waals surface area (Å²) in [6.07, 6.45) is -7.24. The third-order valence-corrected chi connectivity index (χ3v) is 10.6. The number of nitrogens with zero attached hydrogens (tertiary/aromatic N) is 4. The molecule has 1 aliphatic heterocycles. The zero-order valence-electron chi connectivity index (χ0n) is 33.2. The zero-order valence-corrected chi connectivity index (χ0v) is 33.2. The average molecular weight is 853 g/mol. The summed E-state index contributed by atoms with van der Waals surface area (Å²) in [5, 5.41) is 32.9. The van der Waals surface area contributed by atoms with Crippen molar-refractivity contribution in [1.29, 1.82) is 0 Å². The number of aliphatic carboxylic acids is 2. The van der Waals surface area contributed by atoms with E-state index in [-0.39, 0.29) is 36.9 Å². The number of halogens is 5. The van der Waals surface area contributed by atoms with Crippen molar-refractivity contribution in [3.05, 3.63) is 135 Å². The van der Waals surface area contributed by atoms with Crippen LogP contribution < -0.4 is 5.56 Å².